The van der Waals surface area contributed by atoms with Gasteiger partial charge in [0.15, 0.2) is 11.6 Å². The monoisotopic (exact) mass is 258 g/mol. The van der Waals surface area contributed by atoms with Crippen LogP contribution in [0.3, 0.4) is 0 Å². The highest BCUT2D eigenvalue weighted by atomic mass is 16.2. The fraction of sp³-hybridized carbons (Fsp3) is 0.529. The molecule has 2 heteroatoms. The summed E-state index contributed by atoms with van der Waals surface area (Å²) in [7, 11) is 0. The van der Waals surface area contributed by atoms with Crippen LogP contribution >= 0.6 is 0 Å². The van der Waals surface area contributed by atoms with E-state index in [0.717, 1.165) is 5.56 Å². The first-order chi connectivity index (χ1) is 8.54. The van der Waals surface area contributed by atoms with E-state index >= 15 is 0 Å². The van der Waals surface area contributed by atoms with Crippen LogP contribution in [0.5, 0.6) is 0 Å². The lowest BCUT2D eigenvalue weighted by Crippen LogP contribution is -2.50. The van der Waals surface area contributed by atoms with Gasteiger partial charge in [-0.1, -0.05) is 58.9 Å². The Balaban J connectivity index is 2.69. The molecular weight excluding hydrogens is 236 g/mol. The molecule has 102 valence electrons. The first kappa shape index (κ1) is 14.0. The van der Waals surface area contributed by atoms with E-state index in [2.05, 4.69) is 0 Å². The molecule has 0 N–H and O–H groups in total. The van der Waals surface area contributed by atoms with Gasteiger partial charge in [-0.3, -0.25) is 9.59 Å². The zero-order chi connectivity index (χ0) is 14.6. The molecule has 0 fully saturated rings. The minimum atomic E-state index is -0.977. The Kier molecular flexibility index (Phi) is 2.78. The van der Waals surface area contributed by atoms with E-state index in [9.17, 15) is 9.59 Å². The molecule has 0 saturated heterocycles. The second kappa shape index (κ2) is 3.78. The molecule has 0 aliphatic heterocycles. The summed E-state index contributed by atoms with van der Waals surface area (Å²) < 4.78 is 0. The van der Waals surface area contributed by atoms with Gasteiger partial charge in [-0.2, -0.15) is 0 Å². The highest BCUT2D eigenvalue weighted by molar-refractivity contribution is 6.20. The third kappa shape index (κ3) is 1.62. The Morgan fingerprint density at radius 2 is 1.58 bits per heavy atom. The maximum absolute atomic E-state index is 12.9. The van der Waals surface area contributed by atoms with Gasteiger partial charge in [0, 0.05) is 16.4 Å². The van der Waals surface area contributed by atoms with Crippen molar-refractivity contribution in [2.45, 2.75) is 47.0 Å². The summed E-state index contributed by atoms with van der Waals surface area (Å²) >= 11 is 0. The number of fused-ring (bicyclic) bond motifs is 1. The molecule has 1 aromatic carbocycles. The standard InChI is InChI=1S/C17H22O2/c1-15(2,3)14(19)17(6)13(18)11-9-7-8-10-12(11)16(17,4)5/h7-10H,1-6H3. The van der Waals surface area contributed by atoms with Gasteiger partial charge < -0.3 is 0 Å². The lowest BCUT2D eigenvalue weighted by molar-refractivity contribution is -0.135. The zero-order valence-electron chi connectivity index (χ0n) is 12.6. The third-order valence-corrected chi connectivity index (χ3v) is 4.68. The molecule has 0 saturated carbocycles. The minimum absolute atomic E-state index is 0.0196. The van der Waals surface area contributed by atoms with Gasteiger partial charge in [0.2, 0.25) is 0 Å². The van der Waals surface area contributed by atoms with Crippen molar-refractivity contribution in [1.82, 2.24) is 0 Å². The van der Waals surface area contributed by atoms with Crippen molar-refractivity contribution in [3.8, 4) is 0 Å². The van der Waals surface area contributed by atoms with Crippen molar-refractivity contribution < 1.29 is 9.59 Å². The normalized spacial score (nSPS) is 25.3. The Hall–Kier alpha value is -1.44. The number of rotatable bonds is 1. The summed E-state index contributed by atoms with van der Waals surface area (Å²) in [5.41, 5.74) is -0.281. The molecule has 0 aromatic heterocycles. The maximum atomic E-state index is 12.9. The molecule has 1 unspecified atom stereocenters. The number of carbonyl (C=O) groups is 2. The molecule has 1 atom stereocenters. The van der Waals surface area contributed by atoms with Crippen LogP contribution in [-0.4, -0.2) is 11.6 Å². The molecule has 0 radical (unpaired) electrons. The fourth-order valence-corrected chi connectivity index (χ4v) is 3.19. The largest absolute Gasteiger partial charge is 0.298 e. The summed E-state index contributed by atoms with van der Waals surface area (Å²) in [6.45, 7) is 11.5. The average Bonchev–Trinajstić information content (AvgIpc) is 2.48. The van der Waals surface area contributed by atoms with E-state index in [1.54, 1.807) is 0 Å². The topological polar surface area (TPSA) is 34.1 Å². The zero-order valence-corrected chi connectivity index (χ0v) is 12.6. The molecule has 0 amide bonds. The van der Waals surface area contributed by atoms with Crippen molar-refractivity contribution in [2.24, 2.45) is 10.8 Å². The molecule has 2 rings (SSSR count). The van der Waals surface area contributed by atoms with Gasteiger partial charge >= 0.3 is 0 Å². The number of ketones is 2. The number of carbonyl (C=O) groups excluding carboxylic acids is 2. The van der Waals surface area contributed by atoms with Gasteiger partial charge in [0.05, 0.1) is 5.41 Å². The summed E-state index contributed by atoms with van der Waals surface area (Å²) in [5.74, 6) is -0.0146. The summed E-state index contributed by atoms with van der Waals surface area (Å²) in [5, 5.41) is 0. The second-order valence-corrected chi connectivity index (χ2v) is 7.20. The van der Waals surface area contributed by atoms with Gasteiger partial charge in [-0.15, -0.1) is 0 Å². The highest BCUT2D eigenvalue weighted by Crippen LogP contribution is 2.53. The van der Waals surface area contributed by atoms with Crippen LogP contribution < -0.4 is 0 Å². The van der Waals surface area contributed by atoms with Crippen molar-refractivity contribution in [1.29, 1.82) is 0 Å². The molecule has 19 heavy (non-hydrogen) atoms. The number of hydrogen-bond acceptors (Lipinski definition) is 2. The second-order valence-electron chi connectivity index (χ2n) is 7.20. The summed E-state index contributed by atoms with van der Waals surface area (Å²) in [4.78, 5) is 25.7. The highest BCUT2D eigenvalue weighted by Gasteiger charge is 2.61. The molecule has 0 bridgehead atoms. The third-order valence-electron chi connectivity index (χ3n) is 4.68. The van der Waals surface area contributed by atoms with Crippen LogP contribution in [0.1, 0.15) is 57.5 Å². The predicted molar refractivity (Wildman–Crippen MR) is 76.4 cm³/mol. The Labute approximate surface area is 115 Å². The Morgan fingerprint density at radius 1 is 1.05 bits per heavy atom. The molecule has 1 aliphatic rings. The summed E-state index contributed by atoms with van der Waals surface area (Å²) in [6.07, 6.45) is 0. The Morgan fingerprint density at radius 3 is 2.05 bits per heavy atom. The number of benzene rings is 1. The molecule has 0 heterocycles. The number of Topliss-reactive ketones (excluding diaryl/α,β-unsaturated/α-hetero) is 2. The average molecular weight is 258 g/mol. The molecule has 2 nitrogen and oxygen atoms in total. The number of hydrogen-bond donors (Lipinski definition) is 0. The maximum Gasteiger partial charge on any atom is 0.177 e. The quantitative estimate of drug-likeness (QED) is 0.718. The SMILES string of the molecule is CC(C)(C)C(=O)C1(C)C(=O)c2ccccc2C1(C)C. The van der Waals surface area contributed by atoms with E-state index in [1.165, 1.54) is 0 Å². The molecule has 0 spiro atoms. The summed E-state index contributed by atoms with van der Waals surface area (Å²) in [6, 6.07) is 7.59. The van der Waals surface area contributed by atoms with Gasteiger partial charge in [0.25, 0.3) is 0 Å². The van der Waals surface area contributed by atoms with Crippen LogP contribution in [-0.2, 0) is 10.2 Å². The van der Waals surface area contributed by atoms with E-state index in [0.29, 0.717) is 5.56 Å². The van der Waals surface area contributed by atoms with E-state index in [1.807, 2.05) is 65.8 Å². The van der Waals surface area contributed by atoms with Crippen molar-refractivity contribution in [3.63, 3.8) is 0 Å². The van der Waals surface area contributed by atoms with E-state index in [4.69, 9.17) is 0 Å². The Bertz CT molecular complexity index is 561. The van der Waals surface area contributed by atoms with E-state index < -0.39 is 16.2 Å². The minimum Gasteiger partial charge on any atom is -0.298 e. The van der Waals surface area contributed by atoms with Gasteiger partial charge in [-0.05, 0) is 12.5 Å². The van der Waals surface area contributed by atoms with E-state index in [-0.39, 0.29) is 11.6 Å². The lowest BCUT2D eigenvalue weighted by atomic mass is 9.60. The molecular formula is C17H22O2. The smallest absolute Gasteiger partial charge is 0.177 e. The lowest BCUT2D eigenvalue weighted by Gasteiger charge is -2.40. The van der Waals surface area contributed by atoms with Crippen LogP contribution in [0.15, 0.2) is 24.3 Å². The predicted octanol–water partition coefficient (Wildman–Crippen LogP) is 3.78. The van der Waals surface area contributed by atoms with Crippen LogP contribution in [0.2, 0.25) is 0 Å². The van der Waals surface area contributed by atoms with Crippen molar-refractivity contribution >= 4 is 11.6 Å². The van der Waals surface area contributed by atoms with Gasteiger partial charge in [-0.25, -0.2) is 0 Å². The van der Waals surface area contributed by atoms with Gasteiger partial charge in [0.1, 0.15) is 0 Å². The van der Waals surface area contributed by atoms with Crippen molar-refractivity contribution in [2.75, 3.05) is 0 Å². The van der Waals surface area contributed by atoms with Crippen LogP contribution in [0.25, 0.3) is 0 Å². The molecule has 1 aliphatic carbocycles. The molecule has 1 aromatic rings. The first-order valence-electron chi connectivity index (χ1n) is 6.74. The van der Waals surface area contributed by atoms with Crippen LogP contribution in [0, 0.1) is 10.8 Å². The van der Waals surface area contributed by atoms with Crippen molar-refractivity contribution in [3.05, 3.63) is 35.4 Å². The first-order valence-corrected chi connectivity index (χ1v) is 6.74. The fourth-order valence-electron chi connectivity index (χ4n) is 3.19. The van der Waals surface area contributed by atoms with Crippen LogP contribution in [0.4, 0.5) is 0 Å².